The Hall–Kier alpha value is -5.73. The van der Waals surface area contributed by atoms with Crippen LogP contribution in [0.25, 0.3) is 11.1 Å². The normalized spacial score (nSPS) is 17.2. The molecule has 3 aromatic heterocycles. The lowest BCUT2D eigenvalue weighted by molar-refractivity contribution is -0.687. The van der Waals surface area contributed by atoms with Gasteiger partial charge >= 0.3 is 18.4 Å². The van der Waals surface area contributed by atoms with Crippen molar-refractivity contribution in [2.75, 3.05) is 24.4 Å². The number of methoxy groups -OCH3 is 1. The molecule has 2 aromatic carbocycles. The van der Waals surface area contributed by atoms with Crippen LogP contribution in [0, 0.1) is 0 Å². The van der Waals surface area contributed by atoms with Gasteiger partial charge in [-0.05, 0) is 62.1 Å². The molecule has 0 aliphatic carbocycles. The smallest absolute Gasteiger partial charge is 0.416 e. The second-order valence-electron chi connectivity index (χ2n) is 13.0. The van der Waals surface area contributed by atoms with E-state index < -0.39 is 47.5 Å². The molecule has 0 saturated carbocycles. The summed E-state index contributed by atoms with van der Waals surface area (Å²) in [6, 6.07) is 18.1. The number of hydrogen-bond acceptors (Lipinski definition) is 7. The molecule has 0 unspecified atom stereocenters. The average Bonchev–Trinajstić information content (AvgIpc) is 3.14. The SMILES string of the molecule is CCOC(=O)N1c2ccc(OC)nc2[C@@H](c2ncc(-c3ccc[n+](Cc4ccccc4)c3)c(N)n2)C[C@]1(CC)Cc1cc(C(F)(F)F)cc(C(F)(F)F)c1. The van der Waals surface area contributed by atoms with Crippen LogP contribution in [-0.2, 0) is 30.1 Å². The second-order valence-corrected chi connectivity index (χ2v) is 13.0. The Bertz CT molecular complexity index is 2110. The fraction of sp³-hybridized carbons (Fsp3) is 0.308. The van der Waals surface area contributed by atoms with Gasteiger partial charge in [0, 0.05) is 29.5 Å². The molecule has 1 amide bonds. The minimum absolute atomic E-state index is 0.0504. The van der Waals surface area contributed by atoms with Crippen LogP contribution in [0.1, 0.15) is 66.4 Å². The zero-order chi connectivity index (χ0) is 38.8. The first-order chi connectivity index (χ1) is 25.7. The fourth-order valence-corrected chi connectivity index (χ4v) is 6.98. The average molecular weight is 752 g/mol. The minimum Gasteiger partial charge on any atom is -0.481 e. The third-order valence-electron chi connectivity index (χ3n) is 9.53. The summed E-state index contributed by atoms with van der Waals surface area (Å²) in [7, 11) is 1.41. The number of benzene rings is 2. The summed E-state index contributed by atoms with van der Waals surface area (Å²) in [4.78, 5) is 29.1. The van der Waals surface area contributed by atoms with Gasteiger partial charge in [0.05, 0.1) is 53.2 Å². The molecule has 54 heavy (non-hydrogen) atoms. The Morgan fingerprint density at radius 3 is 2.26 bits per heavy atom. The number of hydrogen-bond donors (Lipinski definition) is 1. The highest BCUT2D eigenvalue weighted by atomic mass is 19.4. The monoisotopic (exact) mass is 751 g/mol. The molecule has 0 radical (unpaired) electrons. The highest BCUT2D eigenvalue weighted by Crippen LogP contribution is 2.49. The van der Waals surface area contributed by atoms with Crippen molar-refractivity contribution >= 4 is 17.6 Å². The number of nitrogens with zero attached hydrogens (tertiary/aromatic N) is 5. The molecule has 282 valence electrons. The Morgan fingerprint density at radius 2 is 1.65 bits per heavy atom. The van der Waals surface area contributed by atoms with Gasteiger partial charge in [-0.25, -0.2) is 24.3 Å². The van der Waals surface area contributed by atoms with Crippen molar-refractivity contribution in [1.29, 1.82) is 0 Å². The van der Waals surface area contributed by atoms with E-state index in [1.165, 1.54) is 18.1 Å². The van der Waals surface area contributed by atoms with Crippen molar-refractivity contribution in [2.24, 2.45) is 0 Å². The predicted octanol–water partition coefficient (Wildman–Crippen LogP) is 8.39. The van der Waals surface area contributed by atoms with E-state index in [2.05, 4.69) is 4.98 Å². The molecule has 0 bridgehead atoms. The Labute approximate surface area is 307 Å². The van der Waals surface area contributed by atoms with Gasteiger partial charge in [0.1, 0.15) is 11.6 Å². The molecular weight excluding hydrogens is 714 g/mol. The Morgan fingerprint density at radius 1 is 0.944 bits per heavy atom. The lowest BCUT2D eigenvalue weighted by atomic mass is 9.73. The first kappa shape index (κ1) is 38.0. The van der Waals surface area contributed by atoms with Gasteiger partial charge in [-0.15, -0.1) is 0 Å². The van der Waals surface area contributed by atoms with Gasteiger partial charge in [-0.1, -0.05) is 37.3 Å². The van der Waals surface area contributed by atoms with Crippen LogP contribution in [0.5, 0.6) is 5.88 Å². The highest BCUT2D eigenvalue weighted by Gasteiger charge is 2.50. The second kappa shape index (κ2) is 15.0. The van der Waals surface area contributed by atoms with E-state index in [0.717, 1.165) is 11.1 Å². The van der Waals surface area contributed by atoms with Gasteiger partial charge < -0.3 is 15.2 Å². The molecule has 2 N–H and O–H groups in total. The van der Waals surface area contributed by atoms with Gasteiger partial charge in [0.25, 0.3) is 0 Å². The van der Waals surface area contributed by atoms with Crippen LogP contribution >= 0.6 is 0 Å². The van der Waals surface area contributed by atoms with E-state index in [1.807, 2.05) is 59.4 Å². The third-order valence-corrected chi connectivity index (χ3v) is 9.53. The van der Waals surface area contributed by atoms with Crippen LogP contribution < -0.4 is 19.9 Å². The van der Waals surface area contributed by atoms with E-state index in [1.54, 1.807) is 26.1 Å². The number of carbonyl (C=O) groups is 1. The van der Waals surface area contributed by atoms with Crippen molar-refractivity contribution in [3.05, 3.63) is 125 Å². The summed E-state index contributed by atoms with van der Waals surface area (Å²) in [5.41, 5.74) is 4.83. The third kappa shape index (κ3) is 7.80. The summed E-state index contributed by atoms with van der Waals surface area (Å²) in [5, 5.41) is 0. The maximum atomic E-state index is 14.0. The van der Waals surface area contributed by atoms with E-state index >= 15 is 0 Å². The van der Waals surface area contributed by atoms with Gasteiger partial charge in [0.2, 0.25) is 5.88 Å². The molecular formula is C39H37F6N6O3+. The lowest BCUT2D eigenvalue weighted by Gasteiger charge is -2.49. The van der Waals surface area contributed by atoms with Crippen molar-refractivity contribution < 1.29 is 45.2 Å². The number of halogens is 6. The van der Waals surface area contributed by atoms with E-state index in [4.69, 9.17) is 25.2 Å². The number of nitrogens with two attached hydrogens (primary N) is 1. The van der Waals surface area contributed by atoms with Crippen molar-refractivity contribution in [2.45, 2.75) is 63.5 Å². The molecule has 4 heterocycles. The zero-order valence-electron chi connectivity index (χ0n) is 29.6. The topological polar surface area (TPSA) is 107 Å². The number of nitrogen functional groups attached to an aromatic ring is 1. The number of fused-ring (bicyclic) bond motifs is 1. The number of anilines is 2. The molecule has 15 heteroatoms. The summed E-state index contributed by atoms with van der Waals surface area (Å²) >= 11 is 0. The van der Waals surface area contributed by atoms with Crippen LogP contribution in [-0.4, -0.2) is 40.3 Å². The lowest BCUT2D eigenvalue weighted by Crippen LogP contribution is -2.57. The predicted molar refractivity (Wildman–Crippen MR) is 188 cm³/mol. The number of carbonyl (C=O) groups excluding carboxylic acids is 1. The van der Waals surface area contributed by atoms with Crippen molar-refractivity contribution in [3.8, 4) is 17.0 Å². The fourth-order valence-electron chi connectivity index (χ4n) is 6.98. The molecule has 1 aliphatic rings. The van der Waals surface area contributed by atoms with Gasteiger partial charge in [-0.2, -0.15) is 26.3 Å². The minimum atomic E-state index is -5.06. The number of rotatable bonds is 9. The molecule has 0 spiro atoms. The van der Waals surface area contributed by atoms with Gasteiger partial charge in [-0.3, -0.25) is 4.90 Å². The number of amides is 1. The summed E-state index contributed by atoms with van der Waals surface area (Å²) in [6.07, 6.45) is -5.97. The largest absolute Gasteiger partial charge is 0.481 e. The van der Waals surface area contributed by atoms with E-state index in [9.17, 15) is 31.1 Å². The maximum Gasteiger partial charge on any atom is 0.416 e. The summed E-state index contributed by atoms with van der Waals surface area (Å²) in [6.45, 7) is 3.83. The molecule has 5 aromatic rings. The van der Waals surface area contributed by atoms with Crippen LogP contribution in [0.3, 0.4) is 0 Å². The van der Waals surface area contributed by atoms with Crippen molar-refractivity contribution in [3.63, 3.8) is 0 Å². The quantitative estimate of drug-likeness (QED) is 0.119. The van der Waals surface area contributed by atoms with Crippen molar-refractivity contribution in [1.82, 2.24) is 15.0 Å². The molecule has 0 saturated heterocycles. The number of aromatic nitrogens is 4. The van der Waals surface area contributed by atoms with Crippen LogP contribution in [0.2, 0.25) is 0 Å². The van der Waals surface area contributed by atoms with E-state index in [0.29, 0.717) is 29.9 Å². The number of ether oxygens (including phenoxy) is 2. The maximum absolute atomic E-state index is 14.0. The molecule has 1 aliphatic heterocycles. The van der Waals surface area contributed by atoms with E-state index in [-0.39, 0.29) is 54.3 Å². The molecule has 9 nitrogen and oxygen atoms in total. The first-order valence-corrected chi connectivity index (χ1v) is 17.1. The standard InChI is InChI=1S/C39H37F6N6O3/c1-4-37(19-25-16-27(38(40,41)42)18-28(17-25)39(43,44)45)20-29(33-31(13-14-32(48-33)53-3)51(37)36(52)54-5-2)35-47-21-30(34(46)49-35)26-12-9-15-50(23-26)22-24-10-7-6-8-11-24/h6-18,21,23,29H,4-5,19-20,22H2,1-3H3,(H2,46,47,49)/q+1/t29-,37-/m0/s1. The zero-order valence-corrected chi connectivity index (χ0v) is 29.6. The first-order valence-electron chi connectivity index (χ1n) is 17.1. The number of pyridine rings is 2. The Kier molecular flexibility index (Phi) is 10.5. The highest BCUT2D eigenvalue weighted by molar-refractivity contribution is 5.91. The van der Waals surface area contributed by atoms with Crippen LogP contribution in [0.15, 0.2) is 91.4 Å². The molecule has 6 rings (SSSR count). The van der Waals surface area contributed by atoms with Crippen LogP contribution in [0.4, 0.5) is 42.6 Å². The van der Waals surface area contributed by atoms with Gasteiger partial charge in [0.15, 0.2) is 18.9 Å². The summed E-state index contributed by atoms with van der Waals surface area (Å²) < 4.78 is 96.6. The number of alkyl halides is 6. The Balaban J connectivity index is 1.47. The summed E-state index contributed by atoms with van der Waals surface area (Å²) in [5.74, 6) is -0.322. The molecule has 2 atom stereocenters. The molecule has 0 fully saturated rings.